The van der Waals surface area contributed by atoms with E-state index in [0.717, 1.165) is 12.1 Å². The van der Waals surface area contributed by atoms with E-state index in [2.05, 4.69) is 22.1 Å². The van der Waals surface area contributed by atoms with E-state index < -0.39 is 23.6 Å². The third kappa shape index (κ3) is 3.79. The summed E-state index contributed by atoms with van der Waals surface area (Å²) in [5, 5.41) is 8.83. The molecule has 0 saturated carbocycles. The van der Waals surface area contributed by atoms with E-state index in [1.807, 2.05) is 0 Å². The number of alkyl halides is 3. The Morgan fingerprint density at radius 1 is 1.47 bits per heavy atom. The van der Waals surface area contributed by atoms with Crippen molar-refractivity contribution < 1.29 is 27.4 Å². The molecule has 4 nitrogen and oxygen atoms in total. The van der Waals surface area contributed by atoms with Crippen molar-refractivity contribution in [2.24, 2.45) is 0 Å². The quantitative estimate of drug-likeness (QED) is 0.687. The molecule has 0 aliphatic heterocycles. The van der Waals surface area contributed by atoms with Gasteiger partial charge >= 0.3 is 12.3 Å². The molecule has 19 heavy (non-hydrogen) atoms. The first-order valence-electron chi connectivity index (χ1n) is 4.99. The second-order valence-electron chi connectivity index (χ2n) is 3.22. The minimum atomic E-state index is -5.01. The zero-order chi connectivity index (χ0) is 14.6. The average Bonchev–Trinajstić information content (AvgIpc) is 2.30. The van der Waals surface area contributed by atoms with Crippen molar-refractivity contribution in [2.45, 2.75) is 18.2 Å². The summed E-state index contributed by atoms with van der Waals surface area (Å²) in [5.41, 5.74) is -0.871. The van der Waals surface area contributed by atoms with Crippen LogP contribution in [0.3, 0.4) is 0 Å². The molecule has 1 rings (SSSR count). The number of benzene rings is 1. The predicted octanol–water partition coefficient (Wildman–Crippen LogP) is 2.92. The first-order valence-corrected chi connectivity index (χ1v) is 5.43. The molecule has 0 aromatic heterocycles. The summed E-state index contributed by atoms with van der Waals surface area (Å²) < 4.78 is 45.2. The lowest BCUT2D eigenvalue weighted by Crippen LogP contribution is -2.20. The molecule has 0 aliphatic carbocycles. The van der Waals surface area contributed by atoms with Gasteiger partial charge in [0.1, 0.15) is 11.6 Å². The summed E-state index contributed by atoms with van der Waals surface area (Å²) in [7, 11) is 0. The maximum Gasteiger partial charge on any atom is 0.573 e. The van der Waals surface area contributed by atoms with Crippen molar-refractivity contribution in [2.75, 3.05) is 6.61 Å². The molecule has 102 valence electrons. The molecular weight excluding hydrogens is 283 g/mol. The van der Waals surface area contributed by atoms with Crippen LogP contribution in [0, 0.1) is 11.3 Å². The highest BCUT2D eigenvalue weighted by molar-refractivity contribution is 7.80. The third-order valence-corrected chi connectivity index (χ3v) is 2.31. The Hall–Kier alpha value is -1.88. The van der Waals surface area contributed by atoms with Gasteiger partial charge in [-0.05, 0) is 19.1 Å². The molecule has 1 aromatic rings. The van der Waals surface area contributed by atoms with E-state index in [9.17, 15) is 18.0 Å². The van der Waals surface area contributed by atoms with Gasteiger partial charge in [0.05, 0.1) is 12.2 Å². The first-order chi connectivity index (χ1) is 8.80. The highest BCUT2D eigenvalue weighted by Crippen LogP contribution is 2.34. The Kier molecular flexibility index (Phi) is 4.67. The van der Waals surface area contributed by atoms with Crippen LogP contribution in [0.2, 0.25) is 0 Å². The molecule has 0 N–H and O–H groups in total. The summed E-state index contributed by atoms with van der Waals surface area (Å²) in [4.78, 5) is 11.4. The van der Waals surface area contributed by atoms with Crippen molar-refractivity contribution in [1.29, 1.82) is 5.26 Å². The molecule has 0 saturated heterocycles. The lowest BCUT2D eigenvalue weighted by molar-refractivity contribution is -0.275. The number of halogens is 3. The number of thiol groups is 1. The fourth-order valence-electron chi connectivity index (χ4n) is 1.29. The van der Waals surface area contributed by atoms with Crippen LogP contribution >= 0.6 is 12.6 Å². The standard InChI is InChI=1S/C11H8F3NO3S/c1-2-17-10(16)8-6(5-15)3-4-7(19)9(8)18-11(12,13)14/h3-4,19H,2H2,1H3. The minimum Gasteiger partial charge on any atom is -0.462 e. The van der Waals surface area contributed by atoms with Crippen LogP contribution in [-0.4, -0.2) is 18.9 Å². The van der Waals surface area contributed by atoms with Crippen molar-refractivity contribution in [3.05, 3.63) is 23.3 Å². The number of hydrogen-bond acceptors (Lipinski definition) is 5. The Morgan fingerprint density at radius 2 is 2.11 bits per heavy atom. The van der Waals surface area contributed by atoms with Crippen LogP contribution in [0.25, 0.3) is 0 Å². The van der Waals surface area contributed by atoms with Gasteiger partial charge in [0, 0.05) is 4.90 Å². The van der Waals surface area contributed by atoms with Gasteiger partial charge in [-0.25, -0.2) is 4.79 Å². The largest absolute Gasteiger partial charge is 0.573 e. The molecule has 0 atom stereocenters. The molecule has 0 heterocycles. The third-order valence-electron chi connectivity index (χ3n) is 1.95. The fourth-order valence-corrected chi connectivity index (χ4v) is 1.52. The number of rotatable bonds is 3. The van der Waals surface area contributed by atoms with E-state index in [0.29, 0.717) is 0 Å². The Balaban J connectivity index is 3.42. The van der Waals surface area contributed by atoms with Crippen molar-refractivity contribution in [3.8, 4) is 11.8 Å². The van der Waals surface area contributed by atoms with Crippen molar-refractivity contribution in [3.63, 3.8) is 0 Å². The van der Waals surface area contributed by atoms with Crippen molar-refractivity contribution >= 4 is 18.6 Å². The number of nitriles is 1. The molecule has 0 unspecified atom stereocenters. The summed E-state index contributed by atoms with van der Waals surface area (Å²) in [6.07, 6.45) is -5.01. The first kappa shape index (κ1) is 15.2. The normalized spacial score (nSPS) is 10.7. The van der Waals surface area contributed by atoms with Gasteiger partial charge in [-0.2, -0.15) is 5.26 Å². The van der Waals surface area contributed by atoms with Crippen LogP contribution in [-0.2, 0) is 4.74 Å². The number of ether oxygens (including phenoxy) is 2. The van der Waals surface area contributed by atoms with Gasteiger partial charge in [-0.15, -0.1) is 25.8 Å². The van der Waals surface area contributed by atoms with Crippen LogP contribution < -0.4 is 4.74 Å². The minimum absolute atomic E-state index is 0.0496. The molecule has 8 heteroatoms. The highest BCUT2D eigenvalue weighted by atomic mass is 32.1. The molecular formula is C11H8F3NO3S. The van der Waals surface area contributed by atoms with Crippen LogP contribution in [0.1, 0.15) is 22.8 Å². The molecule has 0 spiro atoms. The molecule has 1 aromatic carbocycles. The van der Waals surface area contributed by atoms with Gasteiger partial charge in [0.15, 0.2) is 5.75 Å². The smallest absolute Gasteiger partial charge is 0.462 e. The van der Waals surface area contributed by atoms with Crippen LogP contribution in [0.15, 0.2) is 17.0 Å². The van der Waals surface area contributed by atoms with Gasteiger partial charge in [-0.1, -0.05) is 0 Å². The molecule has 0 aliphatic rings. The molecule has 0 fully saturated rings. The van der Waals surface area contributed by atoms with Gasteiger partial charge in [0.2, 0.25) is 0 Å². The summed E-state index contributed by atoms with van der Waals surface area (Å²) in [5.74, 6) is -1.91. The van der Waals surface area contributed by atoms with Crippen molar-refractivity contribution in [1.82, 2.24) is 0 Å². The number of hydrogen-bond donors (Lipinski definition) is 1. The SMILES string of the molecule is CCOC(=O)c1c(C#N)ccc(S)c1OC(F)(F)F. The predicted molar refractivity (Wildman–Crippen MR) is 61.0 cm³/mol. The second kappa shape index (κ2) is 5.84. The Morgan fingerprint density at radius 3 is 2.58 bits per heavy atom. The highest BCUT2D eigenvalue weighted by Gasteiger charge is 2.35. The summed E-state index contributed by atoms with van der Waals surface area (Å²) in [6, 6.07) is 3.90. The van der Waals surface area contributed by atoms with Crippen LogP contribution in [0.4, 0.5) is 13.2 Å². The number of esters is 1. The lowest BCUT2D eigenvalue weighted by atomic mass is 10.1. The van der Waals surface area contributed by atoms with E-state index in [4.69, 9.17) is 5.26 Å². The van der Waals surface area contributed by atoms with E-state index in [1.165, 1.54) is 6.92 Å². The molecule has 0 radical (unpaired) electrons. The van der Waals surface area contributed by atoms with Gasteiger partial charge in [0.25, 0.3) is 0 Å². The van der Waals surface area contributed by atoms with E-state index in [1.54, 1.807) is 6.07 Å². The maximum absolute atomic E-state index is 12.3. The number of nitrogens with zero attached hydrogens (tertiary/aromatic N) is 1. The topological polar surface area (TPSA) is 59.3 Å². The monoisotopic (exact) mass is 291 g/mol. The molecule has 0 amide bonds. The summed E-state index contributed by atoms with van der Waals surface area (Å²) >= 11 is 3.79. The summed E-state index contributed by atoms with van der Waals surface area (Å²) in [6.45, 7) is 1.44. The zero-order valence-electron chi connectivity index (χ0n) is 9.61. The fraction of sp³-hybridized carbons (Fsp3) is 0.273. The Bertz CT molecular complexity index is 537. The molecule has 0 bridgehead atoms. The van der Waals surface area contributed by atoms with E-state index in [-0.39, 0.29) is 17.1 Å². The lowest BCUT2D eigenvalue weighted by Gasteiger charge is -2.15. The zero-order valence-corrected chi connectivity index (χ0v) is 10.5. The second-order valence-corrected chi connectivity index (χ2v) is 3.70. The van der Waals surface area contributed by atoms with Gasteiger partial charge < -0.3 is 9.47 Å². The van der Waals surface area contributed by atoms with Crippen LogP contribution in [0.5, 0.6) is 5.75 Å². The van der Waals surface area contributed by atoms with Gasteiger partial charge in [-0.3, -0.25) is 0 Å². The average molecular weight is 291 g/mol. The number of carbonyl (C=O) groups is 1. The Labute approximate surface area is 112 Å². The maximum atomic E-state index is 12.3. The number of carbonyl (C=O) groups excluding carboxylic acids is 1. The van der Waals surface area contributed by atoms with E-state index >= 15 is 0 Å².